The third-order valence-electron chi connectivity index (χ3n) is 15.6. The molecule has 1 amide bonds. The molecule has 0 saturated carbocycles. The number of carbonyl (C=O) groups is 2. The largest absolute Gasteiger partial charge is 0.454 e. The van der Waals surface area contributed by atoms with Crippen LogP contribution in [0.5, 0.6) is 0 Å². The molecule has 1 aliphatic heterocycles. The lowest BCUT2D eigenvalue weighted by Crippen LogP contribution is -2.61. The molecular weight excluding hydrogens is 1010 g/mol. The average Bonchev–Trinajstić information content (AvgIpc) is 3.53. The van der Waals surface area contributed by atoms with Crippen LogP contribution in [0, 0.1) is 0 Å². The molecule has 1 saturated heterocycles. The summed E-state index contributed by atoms with van der Waals surface area (Å²) in [6.07, 6.45) is 63.8. The molecule has 0 aromatic rings. The Labute approximate surface area is 496 Å². The van der Waals surface area contributed by atoms with E-state index in [1.807, 2.05) is 6.08 Å². The Hall–Kier alpha value is -2.90. The fourth-order valence-corrected chi connectivity index (χ4v) is 10.3. The molecule has 8 unspecified atom stereocenters. The second kappa shape index (κ2) is 57.5. The molecular formula is C70H125NO10. The van der Waals surface area contributed by atoms with Crippen LogP contribution in [0.3, 0.4) is 0 Å². The van der Waals surface area contributed by atoms with Crippen molar-refractivity contribution in [3.63, 3.8) is 0 Å². The van der Waals surface area contributed by atoms with Crippen molar-refractivity contribution in [3.8, 4) is 0 Å². The van der Waals surface area contributed by atoms with Crippen molar-refractivity contribution in [1.82, 2.24) is 5.32 Å². The van der Waals surface area contributed by atoms with Crippen LogP contribution in [0.4, 0.5) is 0 Å². The van der Waals surface area contributed by atoms with E-state index in [9.17, 15) is 35.1 Å². The maximum atomic E-state index is 13.5. The number of hydrogen-bond acceptors (Lipinski definition) is 10. The SMILES string of the molecule is CC/C=C/C/C=C/C/C=C/CCCCCCC(=O)OC1C(OCC(NC(=O)C(O)CCCCCCCCCCCCCCCCCC/C=C\C/C=C\CCCCC)C(O)/C=C/CCCCCCCCCCCC)OC(CO)C(O)C1O. The van der Waals surface area contributed by atoms with Crippen LogP contribution in [0.25, 0.3) is 0 Å². The lowest BCUT2D eigenvalue weighted by molar-refractivity contribution is -0.305. The van der Waals surface area contributed by atoms with E-state index >= 15 is 0 Å². The molecule has 1 aliphatic rings. The van der Waals surface area contributed by atoms with Gasteiger partial charge in [0.15, 0.2) is 12.4 Å². The molecule has 470 valence electrons. The van der Waals surface area contributed by atoms with Crippen LogP contribution < -0.4 is 5.32 Å². The molecule has 0 bridgehead atoms. The van der Waals surface area contributed by atoms with Gasteiger partial charge in [-0.3, -0.25) is 9.59 Å². The first-order valence-corrected chi connectivity index (χ1v) is 33.7. The predicted octanol–water partition coefficient (Wildman–Crippen LogP) is 16.7. The van der Waals surface area contributed by atoms with Crippen LogP contribution in [0.2, 0.25) is 0 Å². The number of aliphatic hydroxyl groups excluding tert-OH is 5. The summed E-state index contributed by atoms with van der Waals surface area (Å²) in [6, 6.07) is -1.03. The van der Waals surface area contributed by atoms with Gasteiger partial charge in [0.05, 0.1) is 25.4 Å². The molecule has 0 aromatic heterocycles. The Morgan fingerprint density at radius 1 is 0.494 bits per heavy atom. The number of ether oxygens (including phenoxy) is 3. The van der Waals surface area contributed by atoms with Crippen molar-refractivity contribution in [2.45, 2.75) is 346 Å². The molecule has 1 rings (SSSR count). The quantitative estimate of drug-likeness (QED) is 0.0195. The number of unbranched alkanes of at least 4 members (excludes halogenated alkanes) is 33. The lowest BCUT2D eigenvalue weighted by Gasteiger charge is -2.41. The zero-order valence-electron chi connectivity index (χ0n) is 52.1. The summed E-state index contributed by atoms with van der Waals surface area (Å²) >= 11 is 0. The Kier molecular flexibility index (Phi) is 54.1. The lowest BCUT2D eigenvalue weighted by atomic mass is 9.99. The second-order valence-corrected chi connectivity index (χ2v) is 23.2. The zero-order valence-corrected chi connectivity index (χ0v) is 52.1. The minimum Gasteiger partial charge on any atom is -0.454 e. The number of esters is 1. The summed E-state index contributed by atoms with van der Waals surface area (Å²) in [6.45, 7) is 5.65. The maximum Gasteiger partial charge on any atom is 0.306 e. The number of allylic oxidation sites excluding steroid dienone is 11. The first kappa shape index (κ1) is 76.1. The van der Waals surface area contributed by atoms with Crippen LogP contribution in [0.1, 0.15) is 297 Å². The first-order chi connectivity index (χ1) is 39.7. The van der Waals surface area contributed by atoms with Crippen molar-refractivity contribution in [2.24, 2.45) is 0 Å². The van der Waals surface area contributed by atoms with E-state index < -0.39 is 67.4 Å². The van der Waals surface area contributed by atoms with Crippen LogP contribution in [0.15, 0.2) is 72.9 Å². The van der Waals surface area contributed by atoms with Gasteiger partial charge in [-0.05, 0) is 89.9 Å². The molecule has 1 heterocycles. The Morgan fingerprint density at radius 3 is 1.36 bits per heavy atom. The topological polar surface area (TPSA) is 175 Å². The number of nitrogens with one attached hydrogen (secondary N) is 1. The number of carbonyl (C=O) groups excluding carboxylic acids is 2. The molecule has 1 fully saturated rings. The van der Waals surface area contributed by atoms with Gasteiger partial charge in [0.1, 0.15) is 24.4 Å². The van der Waals surface area contributed by atoms with Crippen LogP contribution >= 0.6 is 0 Å². The van der Waals surface area contributed by atoms with Gasteiger partial charge in [0.25, 0.3) is 0 Å². The van der Waals surface area contributed by atoms with Gasteiger partial charge in [0.2, 0.25) is 5.91 Å². The fraction of sp³-hybridized carbons (Fsp3) is 0.800. The molecule has 0 radical (unpaired) electrons. The highest BCUT2D eigenvalue weighted by molar-refractivity contribution is 5.80. The zero-order chi connectivity index (χ0) is 58.9. The summed E-state index contributed by atoms with van der Waals surface area (Å²) in [5.74, 6) is -1.21. The highest BCUT2D eigenvalue weighted by atomic mass is 16.7. The van der Waals surface area contributed by atoms with Crippen molar-refractivity contribution in [1.29, 1.82) is 0 Å². The normalized spacial score (nSPS) is 19.1. The molecule has 81 heavy (non-hydrogen) atoms. The van der Waals surface area contributed by atoms with Crippen LogP contribution in [-0.4, -0.2) is 99.6 Å². The smallest absolute Gasteiger partial charge is 0.306 e. The van der Waals surface area contributed by atoms with E-state index in [4.69, 9.17) is 14.2 Å². The van der Waals surface area contributed by atoms with E-state index in [0.29, 0.717) is 12.8 Å². The number of hydrogen-bond donors (Lipinski definition) is 6. The standard InChI is InChI=1S/C70H125NO10/c1-4-7-10-13-16-19-22-25-27-28-29-30-31-32-33-34-35-36-37-38-39-42-45-48-51-54-57-63(74)69(78)71-61(62(73)56-53-50-47-44-41-24-21-18-15-12-9-6-3)60-79-70-68(67(77)66(76)64(59-72)80-70)81-65(75)58-55-52-49-46-43-40-26-23-20-17-14-11-8-5-2/h8,11,16-17,19-20,25-27,40,53,56,61-64,66-68,70,72-74,76-77H,4-7,9-10,12-15,18,21-24,28-39,41-52,54-55,57-60H2,1-3H3,(H,71,78)/b11-8+,19-16-,20-17+,27-25-,40-26+,56-53+. The monoisotopic (exact) mass is 1140 g/mol. The van der Waals surface area contributed by atoms with Gasteiger partial charge in [-0.25, -0.2) is 0 Å². The minimum atomic E-state index is -1.62. The minimum absolute atomic E-state index is 0.0966. The molecule has 11 nitrogen and oxygen atoms in total. The fourth-order valence-electron chi connectivity index (χ4n) is 10.3. The Bertz CT molecular complexity index is 1590. The predicted molar refractivity (Wildman–Crippen MR) is 338 cm³/mol. The van der Waals surface area contributed by atoms with Gasteiger partial charge < -0.3 is 45.1 Å². The first-order valence-electron chi connectivity index (χ1n) is 33.7. The third kappa shape index (κ3) is 45.2. The van der Waals surface area contributed by atoms with Crippen molar-refractivity contribution < 1.29 is 49.3 Å². The highest BCUT2D eigenvalue weighted by Gasteiger charge is 2.47. The number of amides is 1. The van der Waals surface area contributed by atoms with E-state index in [1.165, 1.54) is 161 Å². The Balaban J connectivity index is 2.57. The molecule has 0 aromatic carbocycles. The van der Waals surface area contributed by atoms with Gasteiger partial charge in [-0.2, -0.15) is 0 Å². The van der Waals surface area contributed by atoms with E-state index in [1.54, 1.807) is 6.08 Å². The molecule has 11 heteroatoms. The summed E-state index contributed by atoms with van der Waals surface area (Å²) in [5.41, 5.74) is 0. The van der Waals surface area contributed by atoms with Crippen molar-refractivity contribution >= 4 is 11.9 Å². The van der Waals surface area contributed by atoms with Crippen LogP contribution in [-0.2, 0) is 23.8 Å². The van der Waals surface area contributed by atoms with Crippen molar-refractivity contribution in [2.75, 3.05) is 13.2 Å². The average molecular weight is 1140 g/mol. The van der Waals surface area contributed by atoms with E-state index in [0.717, 1.165) is 89.9 Å². The second-order valence-electron chi connectivity index (χ2n) is 23.2. The maximum absolute atomic E-state index is 13.5. The summed E-state index contributed by atoms with van der Waals surface area (Å²) in [7, 11) is 0. The molecule has 0 aliphatic carbocycles. The van der Waals surface area contributed by atoms with Gasteiger partial charge in [-0.1, -0.05) is 273 Å². The molecule has 8 atom stereocenters. The van der Waals surface area contributed by atoms with E-state index in [2.05, 4.69) is 86.8 Å². The molecule has 0 spiro atoms. The van der Waals surface area contributed by atoms with Gasteiger partial charge >= 0.3 is 5.97 Å². The Morgan fingerprint density at radius 2 is 0.889 bits per heavy atom. The van der Waals surface area contributed by atoms with Gasteiger partial charge in [-0.15, -0.1) is 0 Å². The summed E-state index contributed by atoms with van der Waals surface area (Å²) < 4.78 is 17.6. The number of aliphatic hydroxyl groups is 5. The third-order valence-corrected chi connectivity index (χ3v) is 15.6. The van der Waals surface area contributed by atoms with E-state index in [-0.39, 0.29) is 19.4 Å². The van der Waals surface area contributed by atoms with Crippen molar-refractivity contribution in [3.05, 3.63) is 72.9 Å². The summed E-state index contributed by atoms with van der Waals surface area (Å²) in [4.78, 5) is 26.6. The number of rotatable bonds is 57. The summed E-state index contributed by atoms with van der Waals surface area (Å²) in [5, 5.41) is 57.1. The molecule has 6 N–H and O–H groups in total. The highest BCUT2D eigenvalue weighted by Crippen LogP contribution is 2.26. The van der Waals surface area contributed by atoms with Gasteiger partial charge in [0, 0.05) is 6.42 Å².